The maximum Gasteiger partial charge on any atom is 0.239 e. The van der Waals surface area contributed by atoms with Crippen LogP contribution in [-0.4, -0.2) is 30.1 Å². The molecule has 0 saturated carbocycles. The largest absolute Gasteiger partial charge is 0.389 e. The lowest BCUT2D eigenvalue weighted by Gasteiger charge is -2.26. The van der Waals surface area contributed by atoms with E-state index in [1.165, 1.54) is 12.1 Å². The average Bonchev–Trinajstić information content (AvgIpc) is 2.35. The van der Waals surface area contributed by atoms with Gasteiger partial charge in [-0.05, 0) is 45.9 Å². The molecule has 1 aromatic carbocycles. The van der Waals surface area contributed by atoms with Gasteiger partial charge in [0.05, 0.1) is 12.6 Å². The van der Waals surface area contributed by atoms with Gasteiger partial charge in [0.1, 0.15) is 5.82 Å². The summed E-state index contributed by atoms with van der Waals surface area (Å²) in [5.41, 5.74) is 1.17. The van der Waals surface area contributed by atoms with Crippen LogP contribution < -0.4 is 10.2 Å². The van der Waals surface area contributed by atoms with Gasteiger partial charge in [0.15, 0.2) is 0 Å². The van der Waals surface area contributed by atoms with Crippen molar-refractivity contribution in [2.45, 2.75) is 39.8 Å². The van der Waals surface area contributed by atoms with E-state index in [-0.39, 0.29) is 18.5 Å². The van der Waals surface area contributed by atoms with Crippen LogP contribution in [0, 0.1) is 5.82 Å². The Morgan fingerprint density at radius 2 is 2.05 bits per heavy atom. The summed E-state index contributed by atoms with van der Waals surface area (Å²) in [6.07, 6.45) is -0.789. The number of likely N-dealkylation sites (N-methyl/N-ethyl adjacent to an activating group) is 1. The van der Waals surface area contributed by atoms with Gasteiger partial charge < -0.3 is 15.3 Å². The number of aliphatic hydroxyl groups is 1. The summed E-state index contributed by atoms with van der Waals surface area (Å²) < 4.78 is 13.3. The zero-order valence-electron chi connectivity index (χ0n) is 12.5. The number of hydrogen-bond acceptors (Lipinski definition) is 3. The molecule has 0 fully saturated rings. The third-order valence-corrected chi connectivity index (χ3v) is 2.95. The molecular weight excluding hydrogens is 259 g/mol. The number of aliphatic hydroxyl groups excluding tert-OH is 1. The van der Waals surface area contributed by atoms with Gasteiger partial charge in [-0.15, -0.1) is 0 Å². The van der Waals surface area contributed by atoms with E-state index in [4.69, 9.17) is 0 Å². The number of carbonyl (C=O) groups excluding carboxylic acids is 1. The molecule has 0 saturated heterocycles. The number of carbonyl (C=O) groups is 1. The second-order valence-electron chi connectivity index (χ2n) is 5.12. The first-order chi connectivity index (χ1) is 9.35. The Morgan fingerprint density at radius 1 is 1.40 bits per heavy atom. The highest BCUT2D eigenvalue weighted by molar-refractivity contribution is 5.82. The van der Waals surface area contributed by atoms with Gasteiger partial charge in [-0.1, -0.05) is 0 Å². The number of rotatable bonds is 6. The number of anilines is 1. The second-order valence-corrected chi connectivity index (χ2v) is 5.12. The Labute approximate surface area is 119 Å². The first kappa shape index (κ1) is 16.4. The number of nitrogens with zero attached hydrogens (tertiary/aromatic N) is 1. The van der Waals surface area contributed by atoms with Crippen molar-refractivity contribution in [3.8, 4) is 0 Å². The zero-order valence-corrected chi connectivity index (χ0v) is 12.5. The maximum atomic E-state index is 13.3. The zero-order chi connectivity index (χ0) is 15.3. The van der Waals surface area contributed by atoms with Gasteiger partial charge in [0.25, 0.3) is 0 Å². The quantitative estimate of drug-likeness (QED) is 0.841. The molecule has 0 bridgehead atoms. The van der Waals surface area contributed by atoms with Gasteiger partial charge in [0, 0.05) is 23.8 Å². The highest BCUT2D eigenvalue weighted by Crippen LogP contribution is 2.27. The van der Waals surface area contributed by atoms with Crippen LogP contribution in [0.5, 0.6) is 0 Å². The van der Waals surface area contributed by atoms with Gasteiger partial charge in [0.2, 0.25) is 5.91 Å². The summed E-state index contributed by atoms with van der Waals surface area (Å²) in [5.74, 6) is -0.491. The summed E-state index contributed by atoms with van der Waals surface area (Å²) in [7, 11) is 0. The van der Waals surface area contributed by atoms with Crippen molar-refractivity contribution in [1.82, 2.24) is 5.32 Å². The van der Waals surface area contributed by atoms with Crippen LogP contribution in [0.1, 0.15) is 39.4 Å². The smallest absolute Gasteiger partial charge is 0.239 e. The number of amides is 1. The van der Waals surface area contributed by atoms with Crippen molar-refractivity contribution >= 4 is 11.6 Å². The van der Waals surface area contributed by atoms with Crippen LogP contribution in [0.25, 0.3) is 0 Å². The Morgan fingerprint density at radius 3 is 2.55 bits per heavy atom. The number of benzene rings is 1. The monoisotopic (exact) mass is 282 g/mol. The molecule has 2 N–H and O–H groups in total. The molecule has 0 heterocycles. The van der Waals surface area contributed by atoms with Crippen molar-refractivity contribution < 1.29 is 14.3 Å². The van der Waals surface area contributed by atoms with Crippen LogP contribution in [-0.2, 0) is 4.79 Å². The lowest BCUT2D eigenvalue weighted by Crippen LogP contribution is -2.40. The molecule has 112 valence electrons. The minimum atomic E-state index is -0.789. The second kappa shape index (κ2) is 7.24. The highest BCUT2D eigenvalue weighted by Gasteiger charge is 2.17. The van der Waals surface area contributed by atoms with Crippen LogP contribution in [0.2, 0.25) is 0 Å². The Balaban J connectivity index is 2.97. The fourth-order valence-electron chi connectivity index (χ4n) is 2.06. The van der Waals surface area contributed by atoms with Crippen molar-refractivity contribution in [3.05, 3.63) is 29.6 Å². The summed E-state index contributed by atoms with van der Waals surface area (Å²) in [4.78, 5) is 13.7. The standard InChI is InChI=1S/C15H23FN2O2/c1-5-18(9-15(20)17-10(2)3)14-7-6-12(16)8-13(14)11(4)19/h6-8,10-11,19H,5,9H2,1-4H3,(H,17,20)/t11-/m0/s1. The fourth-order valence-corrected chi connectivity index (χ4v) is 2.06. The van der Waals surface area contributed by atoms with E-state index in [9.17, 15) is 14.3 Å². The molecule has 4 nitrogen and oxygen atoms in total. The molecule has 1 rings (SSSR count). The van der Waals surface area contributed by atoms with E-state index < -0.39 is 11.9 Å². The Bertz CT molecular complexity index is 461. The molecule has 0 radical (unpaired) electrons. The minimum absolute atomic E-state index is 0.0747. The van der Waals surface area contributed by atoms with Crippen LogP contribution >= 0.6 is 0 Å². The van der Waals surface area contributed by atoms with E-state index in [0.717, 1.165) is 0 Å². The Kier molecular flexibility index (Phi) is 5.95. The molecule has 0 spiro atoms. The molecule has 1 amide bonds. The van der Waals surface area contributed by atoms with E-state index >= 15 is 0 Å². The summed E-state index contributed by atoms with van der Waals surface area (Å²) in [6.45, 7) is 8.07. The predicted octanol–water partition coefficient (Wildman–Crippen LogP) is 2.23. The van der Waals surface area contributed by atoms with Gasteiger partial charge in [-0.2, -0.15) is 0 Å². The molecular formula is C15H23FN2O2. The third kappa shape index (κ3) is 4.49. The van der Waals surface area contributed by atoms with Crippen molar-refractivity contribution in [2.24, 2.45) is 0 Å². The molecule has 0 aliphatic heterocycles. The minimum Gasteiger partial charge on any atom is -0.389 e. The van der Waals surface area contributed by atoms with Crippen LogP contribution in [0.4, 0.5) is 10.1 Å². The van der Waals surface area contributed by atoms with Crippen molar-refractivity contribution in [3.63, 3.8) is 0 Å². The molecule has 0 unspecified atom stereocenters. The van der Waals surface area contributed by atoms with E-state index in [0.29, 0.717) is 17.8 Å². The maximum absolute atomic E-state index is 13.3. The molecule has 20 heavy (non-hydrogen) atoms. The molecule has 1 atom stereocenters. The molecule has 0 aliphatic rings. The molecule has 0 aromatic heterocycles. The summed E-state index contributed by atoms with van der Waals surface area (Å²) in [6, 6.07) is 4.32. The lowest BCUT2D eigenvalue weighted by molar-refractivity contribution is -0.120. The first-order valence-corrected chi connectivity index (χ1v) is 6.87. The highest BCUT2D eigenvalue weighted by atomic mass is 19.1. The first-order valence-electron chi connectivity index (χ1n) is 6.87. The lowest BCUT2D eigenvalue weighted by atomic mass is 10.1. The van der Waals surface area contributed by atoms with Gasteiger partial charge in [-0.3, -0.25) is 4.79 Å². The van der Waals surface area contributed by atoms with Crippen molar-refractivity contribution in [2.75, 3.05) is 18.0 Å². The Hall–Kier alpha value is -1.62. The molecule has 5 heteroatoms. The average molecular weight is 282 g/mol. The fraction of sp³-hybridized carbons (Fsp3) is 0.533. The van der Waals surface area contributed by atoms with E-state index in [1.54, 1.807) is 13.0 Å². The predicted molar refractivity (Wildman–Crippen MR) is 78.2 cm³/mol. The molecule has 0 aliphatic carbocycles. The van der Waals surface area contributed by atoms with Gasteiger partial charge in [-0.25, -0.2) is 4.39 Å². The normalized spacial score (nSPS) is 12.3. The van der Waals surface area contributed by atoms with E-state index in [2.05, 4.69) is 5.32 Å². The van der Waals surface area contributed by atoms with Crippen molar-refractivity contribution in [1.29, 1.82) is 0 Å². The van der Waals surface area contributed by atoms with Crippen LogP contribution in [0.3, 0.4) is 0 Å². The topological polar surface area (TPSA) is 52.6 Å². The van der Waals surface area contributed by atoms with E-state index in [1.807, 2.05) is 25.7 Å². The number of hydrogen-bond donors (Lipinski definition) is 2. The number of halogens is 1. The third-order valence-electron chi connectivity index (χ3n) is 2.95. The SMILES string of the molecule is CCN(CC(=O)NC(C)C)c1ccc(F)cc1[C@H](C)O. The molecule has 1 aromatic rings. The summed E-state index contributed by atoms with van der Waals surface area (Å²) in [5, 5.41) is 12.6. The number of nitrogens with one attached hydrogen (secondary N) is 1. The van der Waals surface area contributed by atoms with Crippen LogP contribution in [0.15, 0.2) is 18.2 Å². The summed E-state index contributed by atoms with van der Waals surface area (Å²) >= 11 is 0. The van der Waals surface area contributed by atoms with Gasteiger partial charge >= 0.3 is 0 Å².